The van der Waals surface area contributed by atoms with Crippen molar-refractivity contribution in [2.24, 2.45) is 0 Å². The molecule has 0 saturated carbocycles. The molecule has 68 valence electrons. The lowest BCUT2D eigenvalue weighted by Gasteiger charge is -2.02. The van der Waals surface area contributed by atoms with Crippen LogP contribution in [0.25, 0.3) is 0 Å². The largest absolute Gasteiger partial charge is 0.298 e. The number of hydrogen-bond donors (Lipinski definition) is 0. The summed E-state index contributed by atoms with van der Waals surface area (Å²) in [6.45, 7) is 1.38. The molecule has 0 fully saturated rings. The van der Waals surface area contributed by atoms with Crippen LogP contribution in [0.5, 0.6) is 0 Å². The van der Waals surface area contributed by atoms with Gasteiger partial charge in [0.2, 0.25) is 0 Å². The Morgan fingerprint density at radius 1 is 1.31 bits per heavy atom. The SMILES string of the molecule is CC(=O)c1cc(C=O)c(Cl)cc1Cl. The van der Waals surface area contributed by atoms with Crippen molar-refractivity contribution < 1.29 is 9.59 Å². The zero-order chi connectivity index (χ0) is 10.0. The Labute approximate surface area is 85.5 Å². The lowest BCUT2D eigenvalue weighted by atomic mass is 10.1. The van der Waals surface area contributed by atoms with Crippen molar-refractivity contribution >= 4 is 35.3 Å². The second-order valence-electron chi connectivity index (χ2n) is 2.53. The van der Waals surface area contributed by atoms with Gasteiger partial charge in [-0.05, 0) is 19.1 Å². The second-order valence-corrected chi connectivity index (χ2v) is 3.34. The Balaban J connectivity index is 3.38. The Morgan fingerprint density at radius 2 is 1.92 bits per heavy atom. The van der Waals surface area contributed by atoms with E-state index in [1.807, 2.05) is 0 Å². The molecule has 4 heteroatoms. The monoisotopic (exact) mass is 216 g/mol. The first kappa shape index (κ1) is 10.2. The summed E-state index contributed by atoms with van der Waals surface area (Å²) >= 11 is 11.4. The molecular weight excluding hydrogens is 211 g/mol. The summed E-state index contributed by atoms with van der Waals surface area (Å²) in [4.78, 5) is 21.5. The standard InChI is InChI=1S/C9H6Cl2O2/c1-5(13)7-2-6(4-12)8(10)3-9(7)11/h2-4H,1H3. The third-order valence-electron chi connectivity index (χ3n) is 1.59. The van der Waals surface area contributed by atoms with Crippen LogP contribution in [0.4, 0.5) is 0 Å². The van der Waals surface area contributed by atoms with Crippen LogP contribution in [0, 0.1) is 0 Å². The van der Waals surface area contributed by atoms with Crippen LogP contribution in [-0.4, -0.2) is 12.1 Å². The zero-order valence-corrected chi connectivity index (χ0v) is 8.32. The van der Waals surface area contributed by atoms with Gasteiger partial charge in [0.1, 0.15) is 0 Å². The molecule has 13 heavy (non-hydrogen) atoms. The third-order valence-corrected chi connectivity index (χ3v) is 2.23. The minimum atomic E-state index is -0.190. The molecule has 1 aromatic rings. The molecule has 0 aliphatic carbocycles. The fourth-order valence-corrected chi connectivity index (χ4v) is 1.49. The van der Waals surface area contributed by atoms with E-state index in [1.54, 1.807) is 0 Å². The van der Waals surface area contributed by atoms with E-state index in [1.165, 1.54) is 19.1 Å². The van der Waals surface area contributed by atoms with Gasteiger partial charge in [-0.25, -0.2) is 0 Å². The van der Waals surface area contributed by atoms with E-state index in [0.29, 0.717) is 11.8 Å². The van der Waals surface area contributed by atoms with E-state index in [2.05, 4.69) is 0 Å². The molecule has 2 nitrogen and oxygen atoms in total. The zero-order valence-electron chi connectivity index (χ0n) is 6.80. The van der Waals surface area contributed by atoms with Gasteiger partial charge in [0.25, 0.3) is 0 Å². The normalized spacial score (nSPS) is 9.77. The number of carbonyl (C=O) groups is 2. The lowest BCUT2D eigenvalue weighted by Crippen LogP contribution is -1.96. The van der Waals surface area contributed by atoms with Crippen LogP contribution in [-0.2, 0) is 0 Å². The number of ketones is 1. The second kappa shape index (κ2) is 3.90. The smallest absolute Gasteiger partial charge is 0.161 e. The van der Waals surface area contributed by atoms with E-state index < -0.39 is 0 Å². The van der Waals surface area contributed by atoms with Gasteiger partial charge < -0.3 is 0 Å². The molecule has 0 atom stereocenters. The number of hydrogen-bond acceptors (Lipinski definition) is 2. The van der Waals surface area contributed by atoms with Crippen molar-refractivity contribution in [2.45, 2.75) is 6.92 Å². The minimum absolute atomic E-state index is 0.190. The molecule has 0 aliphatic rings. The third kappa shape index (κ3) is 2.08. The number of benzene rings is 1. The number of halogens is 2. The first-order chi connectivity index (χ1) is 6.06. The molecule has 0 N–H and O–H groups in total. The highest BCUT2D eigenvalue weighted by molar-refractivity contribution is 6.38. The van der Waals surface area contributed by atoms with E-state index in [9.17, 15) is 9.59 Å². The van der Waals surface area contributed by atoms with Gasteiger partial charge in [-0.2, -0.15) is 0 Å². The van der Waals surface area contributed by atoms with E-state index in [-0.39, 0.29) is 21.4 Å². The Morgan fingerprint density at radius 3 is 2.38 bits per heavy atom. The lowest BCUT2D eigenvalue weighted by molar-refractivity contribution is 0.101. The van der Waals surface area contributed by atoms with Gasteiger partial charge >= 0.3 is 0 Å². The Kier molecular flexibility index (Phi) is 3.07. The molecule has 0 saturated heterocycles. The van der Waals surface area contributed by atoms with Crippen LogP contribution < -0.4 is 0 Å². The molecule has 0 unspecified atom stereocenters. The summed E-state index contributed by atoms with van der Waals surface area (Å²) in [6.07, 6.45) is 0.588. The average molecular weight is 217 g/mol. The van der Waals surface area contributed by atoms with E-state index in [0.717, 1.165) is 0 Å². The predicted octanol–water partition coefficient (Wildman–Crippen LogP) is 3.01. The summed E-state index contributed by atoms with van der Waals surface area (Å²) in [5.41, 5.74) is 0.587. The Bertz CT molecular complexity index is 372. The molecule has 0 amide bonds. The molecule has 0 aromatic heterocycles. The average Bonchev–Trinajstić information content (AvgIpc) is 2.03. The van der Waals surface area contributed by atoms with Gasteiger partial charge in [-0.15, -0.1) is 0 Å². The minimum Gasteiger partial charge on any atom is -0.298 e. The molecule has 0 bridgehead atoms. The molecular formula is C9H6Cl2O2. The maximum Gasteiger partial charge on any atom is 0.161 e. The van der Waals surface area contributed by atoms with E-state index >= 15 is 0 Å². The number of aldehydes is 1. The number of carbonyl (C=O) groups excluding carboxylic acids is 2. The molecule has 0 aliphatic heterocycles. The molecule has 1 rings (SSSR count). The van der Waals surface area contributed by atoms with Crippen molar-refractivity contribution in [3.8, 4) is 0 Å². The van der Waals surface area contributed by atoms with Crippen molar-refractivity contribution in [3.63, 3.8) is 0 Å². The van der Waals surface area contributed by atoms with Crippen LogP contribution in [0.3, 0.4) is 0 Å². The summed E-state index contributed by atoms with van der Waals surface area (Å²) in [5.74, 6) is -0.190. The fourth-order valence-electron chi connectivity index (χ4n) is 0.926. The van der Waals surface area contributed by atoms with Crippen LogP contribution >= 0.6 is 23.2 Å². The van der Waals surface area contributed by atoms with Crippen molar-refractivity contribution in [1.82, 2.24) is 0 Å². The van der Waals surface area contributed by atoms with Gasteiger partial charge in [0, 0.05) is 11.1 Å². The Hall–Kier alpha value is -0.860. The summed E-state index contributed by atoms with van der Waals surface area (Å²) in [6, 6.07) is 2.78. The van der Waals surface area contributed by atoms with Gasteiger partial charge in [-0.1, -0.05) is 23.2 Å². The summed E-state index contributed by atoms with van der Waals surface area (Å²) in [7, 11) is 0. The van der Waals surface area contributed by atoms with Crippen molar-refractivity contribution in [1.29, 1.82) is 0 Å². The van der Waals surface area contributed by atoms with Gasteiger partial charge in [0.15, 0.2) is 12.1 Å². The van der Waals surface area contributed by atoms with Crippen LogP contribution in [0.1, 0.15) is 27.6 Å². The number of Topliss-reactive ketones (excluding diaryl/α,β-unsaturated/α-hetero) is 1. The highest BCUT2D eigenvalue weighted by Gasteiger charge is 2.09. The predicted molar refractivity (Wildman–Crippen MR) is 51.9 cm³/mol. The highest BCUT2D eigenvalue weighted by Crippen LogP contribution is 2.24. The number of rotatable bonds is 2. The molecule has 1 aromatic carbocycles. The fraction of sp³-hybridized carbons (Fsp3) is 0.111. The van der Waals surface area contributed by atoms with E-state index in [4.69, 9.17) is 23.2 Å². The molecule has 0 heterocycles. The highest BCUT2D eigenvalue weighted by atomic mass is 35.5. The van der Waals surface area contributed by atoms with Crippen molar-refractivity contribution in [3.05, 3.63) is 33.3 Å². The first-order valence-electron chi connectivity index (χ1n) is 3.51. The van der Waals surface area contributed by atoms with Gasteiger partial charge in [-0.3, -0.25) is 9.59 Å². The molecule has 0 radical (unpaired) electrons. The molecule has 0 spiro atoms. The summed E-state index contributed by atoms with van der Waals surface area (Å²) < 4.78 is 0. The summed E-state index contributed by atoms with van der Waals surface area (Å²) in [5, 5.41) is 0.521. The van der Waals surface area contributed by atoms with Gasteiger partial charge in [0.05, 0.1) is 10.0 Å². The van der Waals surface area contributed by atoms with Crippen molar-refractivity contribution in [2.75, 3.05) is 0 Å². The van der Waals surface area contributed by atoms with Crippen LogP contribution in [0.2, 0.25) is 10.0 Å². The quantitative estimate of drug-likeness (QED) is 0.563. The maximum absolute atomic E-state index is 11.0. The topological polar surface area (TPSA) is 34.1 Å². The first-order valence-corrected chi connectivity index (χ1v) is 4.27. The van der Waals surface area contributed by atoms with Crippen LogP contribution in [0.15, 0.2) is 12.1 Å². The maximum atomic E-state index is 11.0.